The second-order valence-corrected chi connectivity index (χ2v) is 5.89. The summed E-state index contributed by atoms with van der Waals surface area (Å²) in [5, 5.41) is 0. The summed E-state index contributed by atoms with van der Waals surface area (Å²) >= 11 is 0. The molecule has 0 spiro atoms. The summed E-state index contributed by atoms with van der Waals surface area (Å²) in [5.74, 6) is -0.892. The highest BCUT2D eigenvalue weighted by molar-refractivity contribution is 5.92. The topological polar surface area (TPSA) is 69.7 Å². The fourth-order valence-corrected chi connectivity index (χ4v) is 3.39. The molecule has 5 heteroatoms. The summed E-state index contributed by atoms with van der Waals surface area (Å²) in [6.07, 6.45) is 13.4. The minimum atomic E-state index is -0.634. The van der Waals surface area contributed by atoms with E-state index < -0.39 is 18.4 Å². The van der Waals surface area contributed by atoms with Crippen LogP contribution in [0.15, 0.2) is 48.1 Å². The Hall–Kier alpha value is -2.43. The van der Waals surface area contributed by atoms with Gasteiger partial charge in [0, 0.05) is 11.8 Å². The molecule has 0 amide bonds. The van der Waals surface area contributed by atoms with Crippen molar-refractivity contribution in [3.05, 3.63) is 48.1 Å². The van der Waals surface area contributed by atoms with Crippen LogP contribution in [0.5, 0.6) is 0 Å². The Kier molecular flexibility index (Phi) is 4.28. The molecule has 0 N–H and O–H groups in total. The first-order chi connectivity index (χ1) is 11.1. The highest BCUT2D eigenvalue weighted by Gasteiger charge is 2.46. The Morgan fingerprint density at radius 3 is 2.57 bits per heavy atom. The smallest absolute Gasteiger partial charge is 0.317 e. The van der Waals surface area contributed by atoms with Crippen LogP contribution in [0.1, 0.15) is 6.42 Å². The molecule has 1 fully saturated rings. The Bertz CT molecular complexity index is 652. The second-order valence-electron chi connectivity index (χ2n) is 5.89. The fraction of sp³-hybridized carbons (Fsp3) is 0.389. The van der Waals surface area contributed by atoms with Crippen molar-refractivity contribution >= 4 is 17.7 Å². The van der Waals surface area contributed by atoms with Crippen LogP contribution >= 0.6 is 0 Å². The van der Waals surface area contributed by atoms with Gasteiger partial charge in [-0.15, -0.1) is 0 Å². The zero-order valence-corrected chi connectivity index (χ0v) is 12.8. The van der Waals surface area contributed by atoms with Crippen molar-refractivity contribution in [2.75, 3.05) is 13.7 Å². The number of carbonyl (C=O) groups is 3. The van der Waals surface area contributed by atoms with E-state index in [4.69, 9.17) is 4.74 Å². The van der Waals surface area contributed by atoms with Crippen LogP contribution in [-0.2, 0) is 23.9 Å². The van der Waals surface area contributed by atoms with Gasteiger partial charge in [-0.1, -0.05) is 42.5 Å². The molecule has 0 heterocycles. The first-order valence-electron chi connectivity index (χ1n) is 7.60. The largest absolute Gasteiger partial charge is 0.469 e. The van der Waals surface area contributed by atoms with Gasteiger partial charge in [-0.2, -0.15) is 0 Å². The van der Waals surface area contributed by atoms with Crippen LogP contribution < -0.4 is 0 Å². The first kappa shape index (κ1) is 15.5. The normalized spacial score (nSPS) is 30.5. The van der Waals surface area contributed by atoms with Crippen molar-refractivity contribution in [2.45, 2.75) is 6.42 Å². The molecule has 0 saturated heterocycles. The van der Waals surface area contributed by atoms with Gasteiger partial charge in [-0.05, 0) is 17.4 Å². The van der Waals surface area contributed by atoms with Gasteiger partial charge in [-0.25, -0.2) is 0 Å². The average Bonchev–Trinajstić information content (AvgIpc) is 2.86. The van der Waals surface area contributed by atoms with Crippen LogP contribution in [0, 0.1) is 23.7 Å². The van der Waals surface area contributed by atoms with Gasteiger partial charge >= 0.3 is 11.9 Å². The lowest BCUT2D eigenvalue weighted by Gasteiger charge is -2.22. The zero-order valence-electron chi connectivity index (χ0n) is 12.8. The number of esters is 2. The molecule has 4 atom stereocenters. The SMILES string of the molecule is COC(=O)CC(=O)OCC1=CC2C(=O)C3C=CC=CC3C2C=C1. The van der Waals surface area contributed by atoms with Gasteiger partial charge < -0.3 is 9.47 Å². The maximum absolute atomic E-state index is 12.5. The molecule has 0 radical (unpaired) electrons. The van der Waals surface area contributed by atoms with Gasteiger partial charge in [0.15, 0.2) is 0 Å². The molecule has 3 aliphatic rings. The molecule has 0 aromatic rings. The number of Topliss-reactive ketones (excluding diaryl/α,β-unsaturated/α-hetero) is 1. The number of rotatable bonds is 4. The monoisotopic (exact) mass is 314 g/mol. The summed E-state index contributed by atoms with van der Waals surface area (Å²) in [7, 11) is 1.22. The highest BCUT2D eigenvalue weighted by atomic mass is 16.5. The van der Waals surface area contributed by atoms with Crippen LogP contribution in [0.4, 0.5) is 0 Å². The molecule has 5 nitrogen and oxygen atoms in total. The molecule has 0 aromatic carbocycles. The van der Waals surface area contributed by atoms with E-state index in [-0.39, 0.29) is 36.1 Å². The number of allylic oxidation sites excluding steroid dienone is 6. The van der Waals surface area contributed by atoms with Crippen LogP contribution in [0.3, 0.4) is 0 Å². The lowest BCUT2D eigenvalue weighted by atomic mass is 9.82. The Labute approximate surface area is 134 Å². The van der Waals surface area contributed by atoms with Crippen LogP contribution in [-0.4, -0.2) is 31.4 Å². The number of hydrogen-bond acceptors (Lipinski definition) is 5. The molecule has 4 unspecified atom stereocenters. The molecule has 1 saturated carbocycles. The summed E-state index contributed by atoms with van der Waals surface area (Å²) in [6, 6.07) is 0. The minimum absolute atomic E-state index is 0.0582. The maximum Gasteiger partial charge on any atom is 0.317 e. The van der Waals surface area contributed by atoms with Crippen molar-refractivity contribution in [3.63, 3.8) is 0 Å². The number of methoxy groups -OCH3 is 1. The maximum atomic E-state index is 12.5. The van der Waals surface area contributed by atoms with E-state index in [0.717, 1.165) is 5.57 Å². The van der Waals surface area contributed by atoms with Gasteiger partial charge in [0.2, 0.25) is 0 Å². The van der Waals surface area contributed by atoms with Gasteiger partial charge in [0.1, 0.15) is 18.8 Å². The molecule has 3 rings (SSSR count). The first-order valence-corrected chi connectivity index (χ1v) is 7.60. The summed E-state index contributed by atoms with van der Waals surface area (Å²) in [4.78, 5) is 35.0. The molecular formula is C18H18O5. The molecular weight excluding hydrogens is 296 g/mol. The molecule has 0 aliphatic heterocycles. The third-order valence-corrected chi connectivity index (χ3v) is 4.54. The van der Waals surface area contributed by atoms with E-state index in [1.54, 1.807) is 0 Å². The fourth-order valence-electron chi connectivity index (χ4n) is 3.39. The van der Waals surface area contributed by atoms with Gasteiger partial charge in [0.05, 0.1) is 7.11 Å². The van der Waals surface area contributed by atoms with Crippen molar-refractivity contribution < 1.29 is 23.9 Å². The van der Waals surface area contributed by atoms with E-state index in [0.29, 0.717) is 0 Å². The van der Waals surface area contributed by atoms with E-state index in [9.17, 15) is 14.4 Å². The number of carbonyl (C=O) groups excluding carboxylic acids is 3. The number of fused-ring (bicyclic) bond motifs is 3. The van der Waals surface area contributed by atoms with E-state index in [2.05, 4.69) is 10.8 Å². The predicted octanol–water partition coefficient (Wildman–Crippen LogP) is 1.76. The van der Waals surface area contributed by atoms with Crippen molar-refractivity contribution in [1.29, 1.82) is 0 Å². The third-order valence-electron chi connectivity index (χ3n) is 4.54. The number of ketones is 1. The standard InChI is InChI=1S/C18H18O5/c1-22-16(19)9-17(20)23-10-11-6-7-13-12-4-2-3-5-14(12)18(21)15(13)8-11/h2-8,12-15H,9-10H2,1H3. The van der Waals surface area contributed by atoms with Crippen molar-refractivity contribution in [1.82, 2.24) is 0 Å². The van der Waals surface area contributed by atoms with E-state index in [1.807, 2.05) is 36.5 Å². The second kappa shape index (κ2) is 6.36. The van der Waals surface area contributed by atoms with Crippen molar-refractivity contribution in [2.24, 2.45) is 23.7 Å². The predicted molar refractivity (Wildman–Crippen MR) is 82.1 cm³/mol. The third kappa shape index (κ3) is 3.04. The van der Waals surface area contributed by atoms with E-state index in [1.165, 1.54) is 7.11 Å². The quantitative estimate of drug-likeness (QED) is 0.584. The lowest BCUT2D eigenvalue weighted by Crippen LogP contribution is -2.19. The number of hydrogen-bond donors (Lipinski definition) is 0. The number of ether oxygens (including phenoxy) is 2. The van der Waals surface area contributed by atoms with Crippen LogP contribution in [0.2, 0.25) is 0 Å². The Morgan fingerprint density at radius 1 is 1.04 bits per heavy atom. The van der Waals surface area contributed by atoms with Gasteiger partial charge in [0.25, 0.3) is 0 Å². The van der Waals surface area contributed by atoms with Gasteiger partial charge in [-0.3, -0.25) is 14.4 Å². The van der Waals surface area contributed by atoms with Crippen molar-refractivity contribution in [3.8, 4) is 0 Å². The molecule has 120 valence electrons. The zero-order chi connectivity index (χ0) is 16.4. The Balaban J connectivity index is 1.63. The molecule has 0 bridgehead atoms. The lowest BCUT2D eigenvalue weighted by molar-refractivity contribution is -0.152. The molecule has 23 heavy (non-hydrogen) atoms. The van der Waals surface area contributed by atoms with Crippen LogP contribution in [0.25, 0.3) is 0 Å². The summed E-state index contributed by atoms with van der Waals surface area (Å²) < 4.78 is 9.47. The summed E-state index contributed by atoms with van der Waals surface area (Å²) in [5.41, 5.74) is 0.782. The Morgan fingerprint density at radius 2 is 1.78 bits per heavy atom. The average molecular weight is 314 g/mol. The van der Waals surface area contributed by atoms with E-state index >= 15 is 0 Å². The highest BCUT2D eigenvalue weighted by Crippen LogP contribution is 2.45. The molecule has 0 aromatic heterocycles. The minimum Gasteiger partial charge on any atom is -0.469 e. The summed E-state index contributed by atoms with van der Waals surface area (Å²) in [6.45, 7) is 0.0594. The molecule has 3 aliphatic carbocycles.